The summed E-state index contributed by atoms with van der Waals surface area (Å²) in [5.74, 6) is -0.155. The minimum Gasteiger partial charge on any atom is -0.463 e. The van der Waals surface area contributed by atoms with Crippen LogP contribution < -0.4 is 5.73 Å². The molecule has 0 spiro atoms. The number of esters is 1. The van der Waals surface area contributed by atoms with Crippen molar-refractivity contribution in [2.24, 2.45) is 11.1 Å². The van der Waals surface area contributed by atoms with E-state index in [2.05, 4.69) is 13.8 Å². The summed E-state index contributed by atoms with van der Waals surface area (Å²) < 4.78 is 10.6. The smallest absolute Gasteiger partial charge is 0.305 e. The van der Waals surface area contributed by atoms with Gasteiger partial charge in [0.25, 0.3) is 0 Å². The van der Waals surface area contributed by atoms with Gasteiger partial charge in [0, 0.05) is 6.42 Å². The molecule has 0 heterocycles. The molecule has 0 saturated heterocycles. The van der Waals surface area contributed by atoms with Crippen molar-refractivity contribution in [2.75, 3.05) is 19.8 Å². The summed E-state index contributed by atoms with van der Waals surface area (Å²) in [5.41, 5.74) is 5.45. The van der Waals surface area contributed by atoms with Crippen molar-refractivity contribution in [2.45, 2.75) is 59.5 Å². The summed E-state index contributed by atoms with van der Waals surface area (Å²) in [5, 5.41) is 0. The third kappa shape index (κ3) is 10.5. The molecule has 0 aliphatic carbocycles. The van der Waals surface area contributed by atoms with E-state index in [1.165, 1.54) is 0 Å². The first-order valence-electron chi connectivity index (χ1n) is 6.66. The lowest BCUT2D eigenvalue weighted by Crippen LogP contribution is -2.23. The Morgan fingerprint density at radius 2 is 1.67 bits per heavy atom. The second-order valence-corrected chi connectivity index (χ2v) is 6.38. The molecule has 108 valence electrons. The molecule has 0 aromatic heterocycles. The van der Waals surface area contributed by atoms with Gasteiger partial charge in [-0.2, -0.15) is 0 Å². The first kappa shape index (κ1) is 17.4. The van der Waals surface area contributed by atoms with Crippen molar-refractivity contribution < 1.29 is 14.3 Å². The van der Waals surface area contributed by atoms with E-state index in [4.69, 9.17) is 15.2 Å². The number of ether oxygens (including phenoxy) is 2. The third-order valence-electron chi connectivity index (χ3n) is 2.71. The molecular weight excluding hydrogens is 230 g/mol. The van der Waals surface area contributed by atoms with Gasteiger partial charge in [0.2, 0.25) is 0 Å². The maximum absolute atomic E-state index is 11.5. The Hall–Kier alpha value is -0.610. The van der Waals surface area contributed by atoms with Gasteiger partial charge in [-0.05, 0) is 45.6 Å². The molecule has 0 amide bonds. The molecule has 0 saturated carbocycles. The predicted octanol–water partition coefficient (Wildman–Crippen LogP) is 2.50. The standard InChI is InChI=1S/C14H29NO3/c1-13(2,3)18-11-10-17-12(16)6-7-14(4,5)8-9-15/h6-11,15H2,1-5H3. The van der Waals surface area contributed by atoms with Crippen molar-refractivity contribution in [1.29, 1.82) is 0 Å². The van der Waals surface area contributed by atoms with Gasteiger partial charge in [-0.15, -0.1) is 0 Å². The molecule has 0 aliphatic heterocycles. The fourth-order valence-electron chi connectivity index (χ4n) is 1.53. The summed E-state index contributed by atoms with van der Waals surface area (Å²) >= 11 is 0. The Balaban J connectivity index is 3.66. The van der Waals surface area contributed by atoms with Crippen LogP contribution in [0.2, 0.25) is 0 Å². The van der Waals surface area contributed by atoms with E-state index in [1.54, 1.807) is 0 Å². The minimum atomic E-state index is -0.185. The number of hydrogen-bond donors (Lipinski definition) is 1. The van der Waals surface area contributed by atoms with Crippen molar-refractivity contribution in [3.63, 3.8) is 0 Å². The zero-order chi connectivity index (χ0) is 14.2. The molecule has 0 bridgehead atoms. The first-order chi connectivity index (χ1) is 8.16. The molecule has 0 rings (SSSR count). The Bertz CT molecular complexity index is 244. The van der Waals surface area contributed by atoms with Gasteiger partial charge in [-0.1, -0.05) is 13.8 Å². The van der Waals surface area contributed by atoms with Crippen LogP contribution >= 0.6 is 0 Å². The van der Waals surface area contributed by atoms with Crippen LogP contribution in [0.1, 0.15) is 53.9 Å². The van der Waals surface area contributed by atoms with Gasteiger partial charge in [-0.25, -0.2) is 0 Å². The van der Waals surface area contributed by atoms with Crippen LogP contribution in [-0.4, -0.2) is 31.3 Å². The quantitative estimate of drug-likeness (QED) is 0.537. The molecule has 0 fully saturated rings. The summed E-state index contributed by atoms with van der Waals surface area (Å²) in [6, 6.07) is 0. The second-order valence-electron chi connectivity index (χ2n) is 6.38. The maximum atomic E-state index is 11.5. The van der Waals surface area contributed by atoms with E-state index in [1.807, 2.05) is 20.8 Å². The highest BCUT2D eigenvalue weighted by atomic mass is 16.6. The van der Waals surface area contributed by atoms with Crippen LogP contribution in [0.4, 0.5) is 0 Å². The lowest BCUT2D eigenvalue weighted by molar-refractivity contribution is -0.147. The summed E-state index contributed by atoms with van der Waals surface area (Å²) in [7, 11) is 0. The van der Waals surface area contributed by atoms with Crippen molar-refractivity contribution in [1.82, 2.24) is 0 Å². The zero-order valence-corrected chi connectivity index (χ0v) is 12.5. The highest BCUT2D eigenvalue weighted by Crippen LogP contribution is 2.25. The van der Waals surface area contributed by atoms with Crippen LogP contribution in [0, 0.1) is 5.41 Å². The van der Waals surface area contributed by atoms with Crippen LogP contribution in [0.25, 0.3) is 0 Å². The molecule has 4 heteroatoms. The Kier molecular flexibility index (Phi) is 7.48. The molecule has 0 radical (unpaired) electrons. The van der Waals surface area contributed by atoms with Crippen LogP contribution in [-0.2, 0) is 14.3 Å². The Labute approximate surface area is 111 Å². The van der Waals surface area contributed by atoms with Crippen molar-refractivity contribution in [3.05, 3.63) is 0 Å². The molecular formula is C14H29NO3. The molecule has 4 nitrogen and oxygen atoms in total. The van der Waals surface area contributed by atoms with E-state index in [0.717, 1.165) is 12.8 Å². The van der Waals surface area contributed by atoms with E-state index in [9.17, 15) is 4.79 Å². The molecule has 0 aliphatic rings. The van der Waals surface area contributed by atoms with Gasteiger partial charge >= 0.3 is 5.97 Å². The van der Waals surface area contributed by atoms with Gasteiger partial charge < -0.3 is 15.2 Å². The average molecular weight is 259 g/mol. The Morgan fingerprint density at radius 3 is 2.17 bits per heavy atom. The van der Waals surface area contributed by atoms with Gasteiger partial charge in [-0.3, -0.25) is 4.79 Å². The van der Waals surface area contributed by atoms with E-state index in [-0.39, 0.29) is 17.0 Å². The van der Waals surface area contributed by atoms with E-state index < -0.39 is 0 Å². The topological polar surface area (TPSA) is 61.6 Å². The number of carbonyl (C=O) groups is 1. The normalized spacial score (nSPS) is 12.6. The molecule has 18 heavy (non-hydrogen) atoms. The number of rotatable bonds is 8. The van der Waals surface area contributed by atoms with Gasteiger partial charge in [0.05, 0.1) is 12.2 Å². The highest BCUT2D eigenvalue weighted by molar-refractivity contribution is 5.69. The largest absolute Gasteiger partial charge is 0.463 e. The lowest BCUT2D eigenvalue weighted by Gasteiger charge is -2.23. The molecule has 0 unspecified atom stereocenters. The molecule has 0 atom stereocenters. The van der Waals surface area contributed by atoms with Gasteiger partial charge in [0.1, 0.15) is 6.61 Å². The summed E-state index contributed by atoms with van der Waals surface area (Å²) in [6.07, 6.45) is 2.18. The van der Waals surface area contributed by atoms with E-state index in [0.29, 0.717) is 26.2 Å². The van der Waals surface area contributed by atoms with E-state index >= 15 is 0 Å². The second kappa shape index (κ2) is 7.74. The van der Waals surface area contributed by atoms with Gasteiger partial charge in [0.15, 0.2) is 0 Å². The zero-order valence-electron chi connectivity index (χ0n) is 12.5. The number of nitrogens with two attached hydrogens (primary N) is 1. The monoisotopic (exact) mass is 259 g/mol. The fraction of sp³-hybridized carbons (Fsp3) is 0.929. The first-order valence-corrected chi connectivity index (χ1v) is 6.66. The summed E-state index contributed by atoms with van der Waals surface area (Å²) in [6.45, 7) is 11.6. The summed E-state index contributed by atoms with van der Waals surface area (Å²) in [4.78, 5) is 11.5. The molecule has 0 aromatic rings. The highest BCUT2D eigenvalue weighted by Gasteiger charge is 2.18. The van der Waals surface area contributed by atoms with Crippen molar-refractivity contribution in [3.8, 4) is 0 Å². The molecule has 0 aromatic carbocycles. The average Bonchev–Trinajstić information content (AvgIpc) is 2.20. The minimum absolute atomic E-state index is 0.107. The van der Waals surface area contributed by atoms with Crippen LogP contribution in [0.5, 0.6) is 0 Å². The number of carbonyl (C=O) groups excluding carboxylic acids is 1. The third-order valence-corrected chi connectivity index (χ3v) is 2.71. The number of hydrogen-bond acceptors (Lipinski definition) is 4. The predicted molar refractivity (Wildman–Crippen MR) is 73.4 cm³/mol. The molecule has 2 N–H and O–H groups in total. The van der Waals surface area contributed by atoms with Crippen LogP contribution in [0.3, 0.4) is 0 Å². The SMILES string of the molecule is CC(C)(CCN)CCC(=O)OCCOC(C)(C)C. The lowest BCUT2D eigenvalue weighted by atomic mass is 9.84. The van der Waals surface area contributed by atoms with Crippen LogP contribution in [0.15, 0.2) is 0 Å². The van der Waals surface area contributed by atoms with Crippen molar-refractivity contribution >= 4 is 5.97 Å². The fourth-order valence-corrected chi connectivity index (χ4v) is 1.53. The Morgan fingerprint density at radius 1 is 1.06 bits per heavy atom. The maximum Gasteiger partial charge on any atom is 0.305 e.